The maximum atomic E-state index is 12.6. The van der Waals surface area contributed by atoms with E-state index < -0.39 is 16.0 Å². The smallest absolute Gasteiger partial charge is 0.410 e. The van der Waals surface area contributed by atoms with Crippen molar-refractivity contribution in [2.24, 2.45) is 11.0 Å². The Hall–Kier alpha value is -3.28. The molecule has 0 aliphatic carbocycles. The highest BCUT2D eigenvalue weighted by molar-refractivity contribution is 5.96. The molecule has 2 aliphatic rings. The van der Waals surface area contributed by atoms with Gasteiger partial charge in [0.1, 0.15) is 10.9 Å². The standard InChI is InChI=1S/C17H21N5O7/c1-17(2)9-12(11-28-17)10-19-6-7-20(15(19)18-22(26)27)16(23)29-14-5-3-4-13(8-14)21(24)25/h3-5,8,12H,6-7,9-11H2,1-2H3. The van der Waals surface area contributed by atoms with Crippen molar-refractivity contribution >= 4 is 17.7 Å². The zero-order valence-electron chi connectivity index (χ0n) is 16.0. The van der Waals surface area contributed by atoms with Gasteiger partial charge >= 0.3 is 6.09 Å². The highest BCUT2D eigenvalue weighted by atomic mass is 16.7. The Morgan fingerprint density at radius 2 is 2.10 bits per heavy atom. The van der Waals surface area contributed by atoms with E-state index in [1.165, 1.54) is 18.2 Å². The van der Waals surface area contributed by atoms with E-state index in [4.69, 9.17) is 9.47 Å². The van der Waals surface area contributed by atoms with Crippen LogP contribution in [0.2, 0.25) is 0 Å². The second kappa shape index (κ2) is 7.99. The number of benzene rings is 1. The average Bonchev–Trinajstić information content (AvgIpc) is 3.18. The molecule has 0 spiro atoms. The number of carbonyl (C=O) groups excluding carboxylic acids is 1. The Morgan fingerprint density at radius 1 is 1.34 bits per heavy atom. The molecule has 1 unspecified atom stereocenters. The normalized spacial score (nSPS) is 22.1. The maximum Gasteiger partial charge on any atom is 0.422 e. The predicted molar refractivity (Wildman–Crippen MR) is 100.0 cm³/mol. The summed E-state index contributed by atoms with van der Waals surface area (Å²) in [6.07, 6.45) is -0.107. The van der Waals surface area contributed by atoms with E-state index in [1.807, 2.05) is 13.8 Å². The Bertz CT molecular complexity index is 856. The fourth-order valence-corrected chi connectivity index (χ4v) is 3.53. The monoisotopic (exact) mass is 407 g/mol. The number of non-ortho nitro benzene ring substituents is 1. The summed E-state index contributed by atoms with van der Waals surface area (Å²) in [7, 11) is 0. The number of ether oxygens (including phenoxy) is 2. The predicted octanol–water partition coefficient (Wildman–Crippen LogP) is 2.07. The number of hydrogen-bond acceptors (Lipinski definition) is 7. The molecular formula is C17H21N5O7. The molecule has 1 amide bonds. The number of carbonyl (C=O) groups is 1. The molecule has 29 heavy (non-hydrogen) atoms. The molecule has 12 nitrogen and oxygen atoms in total. The third-order valence-electron chi connectivity index (χ3n) is 4.71. The number of hydrogen-bond donors (Lipinski definition) is 0. The van der Waals surface area contributed by atoms with Crippen LogP contribution in [0.5, 0.6) is 5.75 Å². The number of nitro groups is 2. The van der Waals surface area contributed by atoms with Crippen LogP contribution in [0.4, 0.5) is 10.5 Å². The summed E-state index contributed by atoms with van der Waals surface area (Å²) in [4.78, 5) is 36.5. The van der Waals surface area contributed by atoms with Crippen LogP contribution in [0.25, 0.3) is 0 Å². The minimum atomic E-state index is -0.892. The van der Waals surface area contributed by atoms with Crippen molar-refractivity contribution in [3.63, 3.8) is 0 Å². The van der Waals surface area contributed by atoms with Gasteiger partial charge in [-0.3, -0.25) is 10.1 Å². The van der Waals surface area contributed by atoms with Crippen molar-refractivity contribution in [1.82, 2.24) is 9.80 Å². The second-order valence-corrected chi connectivity index (χ2v) is 7.50. The SMILES string of the molecule is CC1(C)CC(CN2CCN(C(=O)Oc3cccc([N+](=O)[O-])c3)C2=N[N+](=O)[O-])CO1. The highest BCUT2D eigenvalue weighted by Crippen LogP contribution is 2.30. The molecule has 2 aliphatic heterocycles. The quantitative estimate of drug-likeness (QED) is 0.533. The summed E-state index contributed by atoms with van der Waals surface area (Å²) < 4.78 is 10.9. The summed E-state index contributed by atoms with van der Waals surface area (Å²) in [6.45, 7) is 5.44. The van der Waals surface area contributed by atoms with Crippen LogP contribution in [0.15, 0.2) is 29.4 Å². The van der Waals surface area contributed by atoms with Crippen LogP contribution >= 0.6 is 0 Å². The molecule has 2 heterocycles. The van der Waals surface area contributed by atoms with Gasteiger partial charge in [0.2, 0.25) is 0 Å². The molecule has 0 aromatic heterocycles. The summed E-state index contributed by atoms with van der Waals surface area (Å²) in [5.74, 6) is -0.00104. The van der Waals surface area contributed by atoms with Gasteiger partial charge in [0.25, 0.3) is 11.6 Å². The van der Waals surface area contributed by atoms with E-state index in [2.05, 4.69) is 5.10 Å². The first-order valence-corrected chi connectivity index (χ1v) is 9.00. The Labute approximate surface area is 166 Å². The summed E-state index contributed by atoms with van der Waals surface area (Å²) in [5, 5.41) is 24.4. The Morgan fingerprint density at radius 3 is 2.72 bits per heavy atom. The van der Waals surface area contributed by atoms with Gasteiger partial charge < -0.3 is 14.4 Å². The molecule has 12 heteroatoms. The molecule has 1 atom stereocenters. The summed E-state index contributed by atoms with van der Waals surface area (Å²) in [6, 6.07) is 5.14. The van der Waals surface area contributed by atoms with Gasteiger partial charge in [-0.15, -0.1) is 0 Å². The van der Waals surface area contributed by atoms with Crippen LogP contribution in [0, 0.1) is 26.1 Å². The van der Waals surface area contributed by atoms with Gasteiger partial charge in [0, 0.05) is 25.1 Å². The number of rotatable bonds is 5. The lowest BCUT2D eigenvalue weighted by Crippen LogP contribution is -2.41. The molecule has 1 aromatic rings. The molecule has 0 saturated carbocycles. The van der Waals surface area contributed by atoms with Gasteiger partial charge in [-0.2, -0.15) is 0 Å². The van der Waals surface area contributed by atoms with Gasteiger partial charge in [-0.1, -0.05) is 6.07 Å². The lowest BCUT2D eigenvalue weighted by molar-refractivity contribution is -0.486. The average molecular weight is 407 g/mol. The van der Waals surface area contributed by atoms with E-state index in [0.717, 1.165) is 17.4 Å². The van der Waals surface area contributed by atoms with Crippen molar-refractivity contribution in [3.8, 4) is 5.75 Å². The molecule has 0 N–H and O–H groups in total. The topological polar surface area (TPSA) is 141 Å². The third kappa shape index (κ3) is 4.96. The third-order valence-corrected chi connectivity index (χ3v) is 4.71. The fraction of sp³-hybridized carbons (Fsp3) is 0.529. The number of nitrogens with zero attached hydrogens (tertiary/aromatic N) is 5. The molecule has 1 aromatic carbocycles. The van der Waals surface area contributed by atoms with Gasteiger partial charge in [0.05, 0.1) is 29.7 Å². The first-order chi connectivity index (χ1) is 13.6. The highest BCUT2D eigenvalue weighted by Gasteiger charge is 2.39. The van der Waals surface area contributed by atoms with Crippen LogP contribution in [0.1, 0.15) is 20.3 Å². The summed E-state index contributed by atoms with van der Waals surface area (Å²) in [5.41, 5.74) is -0.493. The van der Waals surface area contributed by atoms with Crippen LogP contribution in [0.3, 0.4) is 0 Å². The van der Waals surface area contributed by atoms with Crippen molar-refractivity contribution in [1.29, 1.82) is 0 Å². The zero-order valence-corrected chi connectivity index (χ0v) is 16.0. The minimum absolute atomic E-state index is 0.0333. The van der Waals surface area contributed by atoms with E-state index >= 15 is 0 Å². The molecule has 2 fully saturated rings. The van der Waals surface area contributed by atoms with E-state index in [1.54, 1.807) is 4.90 Å². The van der Waals surface area contributed by atoms with Gasteiger partial charge in [-0.25, -0.2) is 19.8 Å². The van der Waals surface area contributed by atoms with Crippen LogP contribution < -0.4 is 4.74 Å². The lowest BCUT2D eigenvalue weighted by Gasteiger charge is -2.22. The first kappa shape index (κ1) is 20.5. The van der Waals surface area contributed by atoms with E-state index in [-0.39, 0.29) is 35.5 Å². The number of guanidine groups is 1. The van der Waals surface area contributed by atoms with Crippen LogP contribution in [-0.4, -0.2) is 63.7 Å². The van der Waals surface area contributed by atoms with Crippen molar-refractivity contribution in [2.75, 3.05) is 26.2 Å². The number of hydrazone groups is 1. The fourth-order valence-electron chi connectivity index (χ4n) is 3.53. The van der Waals surface area contributed by atoms with Gasteiger partial charge in [0.15, 0.2) is 5.03 Å². The Balaban J connectivity index is 1.72. The Kier molecular flexibility index (Phi) is 5.64. The van der Waals surface area contributed by atoms with Crippen molar-refractivity contribution in [2.45, 2.75) is 25.9 Å². The summed E-state index contributed by atoms with van der Waals surface area (Å²) >= 11 is 0. The minimum Gasteiger partial charge on any atom is -0.410 e. The number of nitro benzene ring substituents is 1. The van der Waals surface area contributed by atoms with E-state index in [9.17, 15) is 25.0 Å². The largest absolute Gasteiger partial charge is 0.422 e. The molecule has 156 valence electrons. The molecule has 2 saturated heterocycles. The maximum absolute atomic E-state index is 12.6. The lowest BCUT2D eigenvalue weighted by atomic mass is 9.97. The van der Waals surface area contributed by atoms with Crippen LogP contribution in [-0.2, 0) is 4.74 Å². The first-order valence-electron chi connectivity index (χ1n) is 9.00. The molecular weight excluding hydrogens is 386 g/mol. The molecule has 0 bridgehead atoms. The van der Waals surface area contributed by atoms with Crippen molar-refractivity contribution < 1.29 is 24.2 Å². The molecule has 0 radical (unpaired) electrons. The van der Waals surface area contributed by atoms with Gasteiger partial charge in [-0.05, 0) is 26.3 Å². The second-order valence-electron chi connectivity index (χ2n) is 7.50. The van der Waals surface area contributed by atoms with Crippen molar-refractivity contribution in [3.05, 3.63) is 44.5 Å². The van der Waals surface area contributed by atoms with E-state index in [0.29, 0.717) is 19.7 Å². The number of amides is 1. The molecule has 3 rings (SSSR count). The zero-order chi connectivity index (χ0) is 21.2.